The van der Waals surface area contributed by atoms with Crippen LogP contribution in [0.1, 0.15) is 40.0 Å². The molecule has 4 aliphatic rings. The zero-order valence-corrected chi connectivity index (χ0v) is 21.9. The quantitative estimate of drug-likeness (QED) is 0.573. The SMILES string of the molecule is CCCCN1CC=C[C@]23O[C@]4(C)C=CCN(c5ccccc5)C(=O)[C@@H]4[C@H]2C(=O)N([C@@H](CC)CO)C3C1=O. The summed E-state index contributed by atoms with van der Waals surface area (Å²) in [6.07, 6.45) is 9.85. The van der Waals surface area contributed by atoms with E-state index in [1.165, 1.54) is 4.90 Å². The molecule has 198 valence electrons. The maximum Gasteiger partial charge on any atom is 0.249 e. The fourth-order valence-electron chi connectivity index (χ4n) is 6.70. The number of carbonyl (C=O) groups is 3. The number of amides is 3. The predicted octanol–water partition coefficient (Wildman–Crippen LogP) is 2.53. The Kier molecular flexibility index (Phi) is 6.75. The third-order valence-corrected chi connectivity index (χ3v) is 8.50. The van der Waals surface area contributed by atoms with Crippen molar-refractivity contribution >= 4 is 23.4 Å². The first kappa shape index (κ1) is 25.7. The first-order valence-corrected chi connectivity index (χ1v) is 13.5. The van der Waals surface area contributed by atoms with Gasteiger partial charge in [-0.15, -0.1) is 0 Å². The molecule has 0 radical (unpaired) electrons. The number of hydrogen-bond donors (Lipinski definition) is 1. The van der Waals surface area contributed by atoms with Gasteiger partial charge in [0.15, 0.2) is 0 Å². The van der Waals surface area contributed by atoms with Gasteiger partial charge in [-0.2, -0.15) is 0 Å². The molecule has 8 nitrogen and oxygen atoms in total. The number of carbonyl (C=O) groups excluding carboxylic acids is 3. The Hall–Kier alpha value is -2.97. The normalized spacial score (nSPS) is 33.8. The number of anilines is 1. The zero-order valence-electron chi connectivity index (χ0n) is 21.9. The van der Waals surface area contributed by atoms with Crippen LogP contribution in [0.15, 0.2) is 54.6 Å². The molecular weight excluding hydrogens is 470 g/mol. The van der Waals surface area contributed by atoms with Crippen molar-refractivity contribution in [2.45, 2.75) is 63.3 Å². The van der Waals surface area contributed by atoms with Gasteiger partial charge in [-0.1, -0.05) is 62.8 Å². The highest BCUT2D eigenvalue weighted by Gasteiger charge is 2.75. The molecule has 4 heterocycles. The van der Waals surface area contributed by atoms with Crippen LogP contribution in [0, 0.1) is 11.8 Å². The Morgan fingerprint density at radius 2 is 1.73 bits per heavy atom. The lowest BCUT2D eigenvalue weighted by Crippen LogP contribution is -2.58. The number of unbranched alkanes of at least 4 members (excludes halogenated alkanes) is 1. The summed E-state index contributed by atoms with van der Waals surface area (Å²) in [5, 5.41) is 10.2. The number of nitrogens with zero attached hydrogens (tertiary/aromatic N) is 3. The van der Waals surface area contributed by atoms with Crippen molar-refractivity contribution < 1.29 is 24.2 Å². The van der Waals surface area contributed by atoms with E-state index in [2.05, 4.69) is 6.92 Å². The minimum Gasteiger partial charge on any atom is -0.394 e. The van der Waals surface area contributed by atoms with Gasteiger partial charge < -0.3 is 24.5 Å². The zero-order chi connectivity index (χ0) is 26.4. The summed E-state index contributed by atoms with van der Waals surface area (Å²) in [4.78, 5) is 47.7. The Morgan fingerprint density at radius 1 is 1.00 bits per heavy atom. The van der Waals surface area contributed by atoms with Gasteiger partial charge >= 0.3 is 0 Å². The molecule has 1 N–H and O–H groups in total. The van der Waals surface area contributed by atoms with Crippen LogP contribution in [0.3, 0.4) is 0 Å². The molecule has 4 aliphatic heterocycles. The number of para-hydroxylation sites is 1. The average molecular weight is 508 g/mol. The fraction of sp³-hybridized carbons (Fsp3) is 0.552. The monoisotopic (exact) mass is 507 g/mol. The van der Waals surface area contributed by atoms with Crippen molar-refractivity contribution in [1.82, 2.24) is 9.80 Å². The first-order valence-electron chi connectivity index (χ1n) is 13.5. The molecular formula is C29H37N3O5. The molecule has 0 saturated carbocycles. The number of rotatable bonds is 7. The van der Waals surface area contributed by atoms with E-state index in [1.54, 1.807) is 9.80 Å². The molecule has 6 atom stereocenters. The Bertz CT molecular complexity index is 1120. The summed E-state index contributed by atoms with van der Waals surface area (Å²) in [5.41, 5.74) is -1.60. The molecule has 0 aliphatic carbocycles. The van der Waals surface area contributed by atoms with E-state index in [4.69, 9.17) is 4.74 Å². The third kappa shape index (κ3) is 3.84. The number of aliphatic hydroxyl groups is 1. The summed E-state index contributed by atoms with van der Waals surface area (Å²) >= 11 is 0. The predicted molar refractivity (Wildman–Crippen MR) is 140 cm³/mol. The smallest absolute Gasteiger partial charge is 0.249 e. The number of fused-ring (bicyclic) bond motifs is 2. The van der Waals surface area contributed by atoms with E-state index >= 15 is 0 Å². The second-order valence-corrected chi connectivity index (χ2v) is 10.7. The van der Waals surface area contributed by atoms with Gasteiger partial charge in [-0.25, -0.2) is 0 Å². The van der Waals surface area contributed by atoms with Gasteiger partial charge in [0, 0.05) is 25.3 Å². The minimum atomic E-state index is -1.29. The summed E-state index contributed by atoms with van der Waals surface area (Å²) < 4.78 is 6.83. The summed E-state index contributed by atoms with van der Waals surface area (Å²) in [7, 11) is 0. The Morgan fingerprint density at radius 3 is 2.41 bits per heavy atom. The molecule has 1 spiro atoms. The molecule has 0 aromatic heterocycles. The van der Waals surface area contributed by atoms with Crippen molar-refractivity contribution in [2.24, 2.45) is 11.8 Å². The van der Waals surface area contributed by atoms with Crippen LogP contribution in [0.25, 0.3) is 0 Å². The maximum absolute atomic E-state index is 14.3. The highest BCUT2D eigenvalue weighted by atomic mass is 16.5. The van der Waals surface area contributed by atoms with Crippen LogP contribution in [0.2, 0.25) is 0 Å². The number of hydrogen-bond acceptors (Lipinski definition) is 5. The standard InChI is InChI=1S/C29H37N3O5/c1-4-6-16-30-17-11-15-29-23(26(35)32(20(5-2)19-33)24(29)27(30)36)22-25(34)31(21-12-8-7-9-13-21)18-10-14-28(22,3)37-29/h7-15,20,22-24,33H,4-6,16-19H2,1-3H3/t20-,22-,23-,24?,28+,29-/m0/s1. The lowest BCUT2D eigenvalue weighted by Gasteiger charge is -2.40. The van der Waals surface area contributed by atoms with Crippen LogP contribution < -0.4 is 4.90 Å². The molecule has 1 aromatic carbocycles. The van der Waals surface area contributed by atoms with Gasteiger partial charge in [0.05, 0.1) is 30.1 Å². The highest BCUT2D eigenvalue weighted by molar-refractivity contribution is 6.04. The van der Waals surface area contributed by atoms with E-state index in [-0.39, 0.29) is 24.3 Å². The number of benzene rings is 1. The van der Waals surface area contributed by atoms with Gasteiger partial charge in [-0.05, 0) is 31.9 Å². The van der Waals surface area contributed by atoms with Gasteiger partial charge in [-0.3, -0.25) is 14.4 Å². The lowest BCUT2D eigenvalue weighted by atomic mass is 9.74. The van der Waals surface area contributed by atoms with Crippen molar-refractivity contribution in [3.63, 3.8) is 0 Å². The van der Waals surface area contributed by atoms with Gasteiger partial charge in [0.25, 0.3) is 0 Å². The molecule has 0 bridgehead atoms. The molecule has 2 fully saturated rings. The largest absolute Gasteiger partial charge is 0.394 e. The van der Waals surface area contributed by atoms with E-state index in [0.717, 1.165) is 18.5 Å². The minimum absolute atomic E-state index is 0.183. The average Bonchev–Trinajstić information content (AvgIpc) is 3.17. The van der Waals surface area contributed by atoms with Crippen molar-refractivity contribution in [3.8, 4) is 0 Å². The first-order chi connectivity index (χ1) is 17.8. The van der Waals surface area contributed by atoms with Gasteiger partial charge in [0.2, 0.25) is 17.7 Å². The van der Waals surface area contributed by atoms with E-state index < -0.39 is 35.1 Å². The van der Waals surface area contributed by atoms with Crippen LogP contribution in [0.4, 0.5) is 5.69 Å². The second-order valence-electron chi connectivity index (χ2n) is 10.7. The molecule has 3 amide bonds. The lowest BCUT2D eigenvalue weighted by molar-refractivity contribution is -0.154. The molecule has 5 rings (SSSR count). The maximum atomic E-state index is 14.3. The summed E-state index contributed by atoms with van der Waals surface area (Å²) in [6.45, 7) is 6.92. The van der Waals surface area contributed by atoms with E-state index in [9.17, 15) is 19.5 Å². The van der Waals surface area contributed by atoms with E-state index in [1.807, 2.05) is 68.5 Å². The van der Waals surface area contributed by atoms with Crippen molar-refractivity contribution in [3.05, 3.63) is 54.6 Å². The van der Waals surface area contributed by atoms with Crippen molar-refractivity contribution in [1.29, 1.82) is 0 Å². The Labute approximate surface area is 218 Å². The molecule has 1 aromatic rings. The fourth-order valence-corrected chi connectivity index (χ4v) is 6.70. The molecule has 1 unspecified atom stereocenters. The topological polar surface area (TPSA) is 90.4 Å². The third-order valence-electron chi connectivity index (χ3n) is 8.50. The summed E-state index contributed by atoms with van der Waals surface area (Å²) in [5.74, 6) is -2.37. The van der Waals surface area contributed by atoms with Crippen LogP contribution in [0.5, 0.6) is 0 Å². The number of ether oxygens (including phenoxy) is 1. The molecule has 2 saturated heterocycles. The van der Waals surface area contributed by atoms with Crippen LogP contribution >= 0.6 is 0 Å². The summed E-state index contributed by atoms with van der Waals surface area (Å²) in [6, 6.07) is 7.94. The Balaban J connectivity index is 1.64. The van der Waals surface area contributed by atoms with E-state index in [0.29, 0.717) is 26.1 Å². The van der Waals surface area contributed by atoms with Crippen LogP contribution in [-0.2, 0) is 19.1 Å². The van der Waals surface area contributed by atoms with Crippen LogP contribution in [-0.4, -0.2) is 82.2 Å². The second kappa shape index (κ2) is 9.72. The van der Waals surface area contributed by atoms with Crippen molar-refractivity contribution in [2.75, 3.05) is 31.1 Å². The highest BCUT2D eigenvalue weighted by Crippen LogP contribution is 2.58. The number of likely N-dealkylation sites (tertiary alicyclic amines) is 1. The molecule has 37 heavy (non-hydrogen) atoms. The molecule has 8 heteroatoms. The number of aliphatic hydroxyl groups excluding tert-OH is 1. The van der Waals surface area contributed by atoms with Gasteiger partial charge in [0.1, 0.15) is 11.6 Å².